The van der Waals surface area contributed by atoms with Gasteiger partial charge in [-0.1, -0.05) is 25.1 Å². The molecule has 0 aliphatic carbocycles. The van der Waals surface area contributed by atoms with E-state index in [0.29, 0.717) is 6.42 Å². The van der Waals surface area contributed by atoms with Crippen LogP contribution in [-0.2, 0) is 11.0 Å². The van der Waals surface area contributed by atoms with E-state index in [1.807, 2.05) is 6.92 Å². The molecule has 0 aliphatic heterocycles. The standard InChI is InChI=1S/C16H19O5P/c1-2-11(12-6-8-13(17)9-7-12)10-14-15(18)4-3-5-16(14)22(19,20)21/h3-9,11,17-18H,2,10H2,1H3,(H2,19,20,21). The largest absolute Gasteiger partial charge is 0.508 e. The molecule has 6 heteroatoms. The highest BCUT2D eigenvalue weighted by Crippen LogP contribution is 2.39. The van der Waals surface area contributed by atoms with Crippen molar-refractivity contribution in [2.24, 2.45) is 0 Å². The fourth-order valence-corrected chi connectivity index (χ4v) is 3.37. The molecule has 1 unspecified atom stereocenters. The second-order valence-electron chi connectivity index (χ2n) is 5.22. The molecule has 118 valence electrons. The van der Waals surface area contributed by atoms with Gasteiger partial charge < -0.3 is 20.0 Å². The Morgan fingerprint density at radius 2 is 1.68 bits per heavy atom. The molecular formula is C16H19O5P. The SMILES string of the molecule is CCC(Cc1c(O)cccc1P(=O)(O)O)c1ccc(O)cc1. The maximum absolute atomic E-state index is 11.6. The Morgan fingerprint density at radius 3 is 2.23 bits per heavy atom. The molecule has 1 atom stereocenters. The number of benzene rings is 2. The molecule has 2 aromatic carbocycles. The number of rotatable bonds is 5. The van der Waals surface area contributed by atoms with Crippen LogP contribution in [-0.4, -0.2) is 20.0 Å². The van der Waals surface area contributed by atoms with Crippen molar-refractivity contribution >= 4 is 12.9 Å². The topological polar surface area (TPSA) is 98.0 Å². The van der Waals surface area contributed by atoms with Crippen molar-refractivity contribution < 1.29 is 24.6 Å². The van der Waals surface area contributed by atoms with E-state index < -0.39 is 7.60 Å². The highest BCUT2D eigenvalue weighted by molar-refractivity contribution is 7.60. The Hall–Kier alpha value is -1.81. The van der Waals surface area contributed by atoms with Crippen molar-refractivity contribution in [3.05, 3.63) is 53.6 Å². The summed E-state index contributed by atoms with van der Waals surface area (Å²) in [5.74, 6) is 0.0364. The second kappa shape index (κ2) is 6.53. The Kier molecular flexibility index (Phi) is 4.91. The molecule has 0 aromatic heterocycles. The van der Waals surface area contributed by atoms with Crippen LogP contribution in [0.4, 0.5) is 0 Å². The minimum absolute atomic E-state index is 0.0146. The molecule has 0 aliphatic rings. The van der Waals surface area contributed by atoms with Gasteiger partial charge in [-0.15, -0.1) is 0 Å². The lowest BCUT2D eigenvalue weighted by Crippen LogP contribution is -2.14. The first-order valence-corrected chi connectivity index (χ1v) is 8.60. The summed E-state index contributed by atoms with van der Waals surface area (Å²) in [6.45, 7) is 1.97. The molecule has 0 fully saturated rings. The van der Waals surface area contributed by atoms with Crippen LogP contribution in [0, 0.1) is 0 Å². The van der Waals surface area contributed by atoms with Crippen molar-refractivity contribution in [3.63, 3.8) is 0 Å². The van der Waals surface area contributed by atoms with Gasteiger partial charge in [-0.3, -0.25) is 4.57 Å². The molecule has 0 heterocycles. The van der Waals surface area contributed by atoms with Crippen molar-refractivity contribution in [1.82, 2.24) is 0 Å². The Bertz CT molecular complexity index is 690. The van der Waals surface area contributed by atoms with Gasteiger partial charge in [-0.2, -0.15) is 0 Å². The van der Waals surface area contributed by atoms with E-state index in [1.54, 1.807) is 24.3 Å². The summed E-state index contributed by atoms with van der Waals surface area (Å²) >= 11 is 0. The van der Waals surface area contributed by atoms with Crippen molar-refractivity contribution in [3.8, 4) is 11.5 Å². The first kappa shape index (κ1) is 16.6. The normalized spacial score (nSPS) is 13.0. The first-order valence-electron chi connectivity index (χ1n) is 6.98. The summed E-state index contributed by atoms with van der Waals surface area (Å²) in [5.41, 5.74) is 1.22. The summed E-state index contributed by atoms with van der Waals surface area (Å²) in [5, 5.41) is 19.2. The molecule has 0 amide bonds. The molecule has 4 N–H and O–H groups in total. The number of phenolic OH excluding ortho intramolecular Hbond substituents is 2. The van der Waals surface area contributed by atoms with E-state index in [9.17, 15) is 24.6 Å². The van der Waals surface area contributed by atoms with Gasteiger partial charge in [-0.25, -0.2) is 0 Å². The number of phenols is 2. The molecule has 22 heavy (non-hydrogen) atoms. The molecule has 0 saturated carbocycles. The highest BCUT2D eigenvalue weighted by atomic mass is 31.2. The molecular weight excluding hydrogens is 303 g/mol. The summed E-state index contributed by atoms with van der Waals surface area (Å²) in [7, 11) is -4.45. The van der Waals surface area contributed by atoms with Crippen LogP contribution in [0.1, 0.15) is 30.4 Å². The molecule has 0 bridgehead atoms. The zero-order valence-electron chi connectivity index (χ0n) is 12.2. The molecule has 2 rings (SSSR count). The quantitative estimate of drug-likeness (QED) is 0.634. The lowest BCUT2D eigenvalue weighted by atomic mass is 9.89. The third-order valence-electron chi connectivity index (χ3n) is 3.75. The lowest BCUT2D eigenvalue weighted by molar-refractivity contribution is 0.386. The van der Waals surface area contributed by atoms with Crippen LogP contribution in [0.2, 0.25) is 0 Å². The summed E-state index contributed by atoms with van der Waals surface area (Å²) in [6, 6.07) is 10.9. The van der Waals surface area contributed by atoms with Crippen LogP contribution in [0.5, 0.6) is 11.5 Å². The zero-order chi connectivity index (χ0) is 16.3. The Morgan fingerprint density at radius 1 is 1.05 bits per heavy atom. The Balaban J connectivity index is 2.40. The molecule has 0 radical (unpaired) electrons. The van der Waals surface area contributed by atoms with Crippen LogP contribution in [0.25, 0.3) is 0 Å². The Labute approximate surface area is 129 Å². The van der Waals surface area contributed by atoms with E-state index in [2.05, 4.69) is 0 Å². The van der Waals surface area contributed by atoms with Gasteiger partial charge in [0.25, 0.3) is 0 Å². The number of hydrogen-bond donors (Lipinski definition) is 4. The van der Waals surface area contributed by atoms with Gasteiger partial charge in [-0.05, 0) is 48.6 Å². The monoisotopic (exact) mass is 322 g/mol. The molecule has 5 nitrogen and oxygen atoms in total. The van der Waals surface area contributed by atoms with Gasteiger partial charge in [0.2, 0.25) is 0 Å². The number of hydrogen-bond acceptors (Lipinski definition) is 3. The predicted molar refractivity (Wildman–Crippen MR) is 84.6 cm³/mol. The summed E-state index contributed by atoms with van der Waals surface area (Å²) in [4.78, 5) is 18.9. The van der Waals surface area contributed by atoms with Crippen LogP contribution >= 0.6 is 7.60 Å². The van der Waals surface area contributed by atoms with E-state index in [1.165, 1.54) is 18.2 Å². The van der Waals surface area contributed by atoms with Crippen LogP contribution < -0.4 is 5.30 Å². The van der Waals surface area contributed by atoms with Gasteiger partial charge in [0.05, 0.1) is 5.30 Å². The maximum Gasteiger partial charge on any atom is 0.356 e. The van der Waals surface area contributed by atoms with E-state index >= 15 is 0 Å². The smallest absolute Gasteiger partial charge is 0.356 e. The predicted octanol–water partition coefficient (Wildman–Crippen LogP) is 2.64. The van der Waals surface area contributed by atoms with E-state index in [-0.39, 0.29) is 28.3 Å². The summed E-state index contributed by atoms with van der Waals surface area (Å²) in [6.07, 6.45) is 1.05. The van der Waals surface area contributed by atoms with Crippen molar-refractivity contribution in [2.75, 3.05) is 0 Å². The minimum atomic E-state index is -4.45. The van der Waals surface area contributed by atoms with Gasteiger partial charge >= 0.3 is 7.60 Å². The third kappa shape index (κ3) is 3.69. The van der Waals surface area contributed by atoms with Gasteiger partial charge in [0, 0.05) is 5.56 Å². The average molecular weight is 322 g/mol. The van der Waals surface area contributed by atoms with E-state index in [4.69, 9.17) is 0 Å². The second-order valence-corrected chi connectivity index (χ2v) is 6.79. The fraction of sp³-hybridized carbons (Fsp3) is 0.250. The van der Waals surface area contributed by atoms with Crippen molar-refractivity contribution in [2.45, 2.75) is 25.7 Å². The molecule has 0 saturated heterocycles. The van der Waals surface area contributed by atoms with Crippen LogP contribution in [0.3, 0.4) is 0 Å². The van der Waals surface area contributed by atoms with E-state index in [0.717, 1.165) is 12.0 Å². The zero-order valence-corrected chi connectivity index (χ0v) is 13.1. The van der Waals surface area contributed by atoms with Crippen molar-refractivity contribution in [1.29, 1.82) is 0 Å². The maximum atomic E-state index is 11.6. The fourth-order valence-electron chi connectivity index (χ4n) is 2.54. The third-order valence-corrected chi connectivity index (χ3v) is 4.79. The lowest BCUT2D eigenvalue weighted by Gasteiger charge is -2.19. The molecule has 2 aromatic rings. The van der Waals surface area contributed by atoms with Gasteiger partial charge in [0.1, 0.15) is 11.5 Å². The molecule has 0 spiro atoms. The highest BCUT2D eigenvalue weighted by Gasteiger charge is 2.25. The minimum Gasteiger partial charge on any atom is -0.508 e. The first-order chi connectivity index (χ1) is 10.3. The van der Waals surface area contributed by atoms with Gasteiger partial charge in [0.15, 0.2) is 0 Å². The van der Waals surface area contributed by atoms with Crippen LogP contribution in [0.15, 0.2) is 42.5 Å². The average Bonchev–Trinajstić information content (AvgIpc) is 2.46. The number of aromatic hydroxyl groups is 2. The summed E-state index contributed by atoms with van der Waals surface area (Å²) < 4.78 is 11.6.